The number of benzene rings is 3. The lowest BCUT2D eigenvalue weighted by Gasteiger charge is -2.16. The average Bonchev–Trinajstić information content (AvgIpc) is 3.88. The van der Waals surface area contributed by atoms with Gasteiger partial charge in [0.25, 0.3) is 0 Å². The van der Waals surface area contributed by atoms with Crippen LogP contribution in [0.4, 0.5) is 23.2 Å². The summed E-state index contributed by atoms with van der Waals surface area (Å²) in [7, 11) is 0. The maximum atomic E-state index is 16.1. The fraction of sp³-hybridized carbons (Fsp3) is 0.0811. The van der Waals surface area contributed by atoms with Crippen molar-refractivity contribution in [2.45, 2.75) is 18.8 Å². The molecule has 226 valence electrons. The van der Waals surface area contributed by atoms with Crippen molar-refractivity contribution >= 4 is 51.0 Å². The van der Waals surface area contributed by atoms with Gasteiger partial charge in [-0.05, 0) is 78.7 Å². The fourth-order valence-electron chi connectivity index (χ4n) is 6.29. The molecule has 0 saturated carbocycles. The molecule has 0 aliphatic heterocycles. The minimum atomic E-state index is -3.29. The third-order valence-electron chi connectivity index (χ3n) is 8.69. The number of thiophene rings is 4. The fourth-order valence-corrected chi connectivity index (χ4v) is 10.9. The smallest absolute Gasteiger partial charge is 0.300 e. The zero-order valence-electron chi connectivity index (χ0n) is 24.0. The number of halogens is 4. The predicted octanol–water partition coefficient (Wildman–Crippen LogP) is 12.7. The zero-order chi connectivity index (χ0) is 31.5. The maximum absolute atomic E-state index is 16.1. The van der Waals surface area contributed by atoms with Gasteiger partial charge in [-0.25, -0.2) is 0 Å². The third kappa shape index (κ3) is 4.08. The van der Waals surface area contributed by atoms with E-state index in [1.807, 2.05) is 79.7 Å². The molecule has 2 N–H and O–H groups in total. The van der Waals surface area contributed by atoms with Crippen molar-refractivity contribution in [1.82, 2.24) is 0 Å². The van der Waals surface area contributed by atoms with E-state index in [9.17, 15) is 0 Å². The largest absolute Gasteiger partial charge is 0.399 e. The first-order valence-corrected chi connectivity index (χ1v) is 17.7. The second kappa shape index (κ2) is 9.75. The van der Waals surface area contributed by atoms with Crippen LogP contribution in [0.1, 0.15) is 27.8 Å². The lowest BCUT2D eigenvalue weighted by molar-refractivity contribution is 0.0453. The van der Waals surface area contributed by atoms with Gasteiger partial charge in [-0.15, -0.1) is 45.3 Å². The second-order valence-corrected chi connectivity index (χ2v) is 15.9. The van der Waals surface area contributed by atoms with Gasteiger partial charge in [0.2, 0.25) is 0 Å². The standard InChI is InChI=1S/C37H21F4NS4/c1-18-2-4-19(5-3-18)28-10-12-30(43-28)32-16-26-34(45-32)22-14-25-23(15-24(22)36(26,38)39)35-27(37(25,40)41)17-33(46-35)31-13-11-29(44-31)20-6-8-21(42)9-7-20/h2-17H,42H2,1H3. The van der Waals surface area contributed by atoms with Crippen molar-refractivity contribution in [2.24, 2.45) is 0 Å². The molecule has 4 aromatic heterocycles. The molecule has 0 unspecified atom stereocenters. The van der Waals surface area contributed by atoms with Gasteiger partial charge in [0, 0.05) is 78.1 Å². The van der Waals surface area contributed by atoms with Crippen LogP contribution < -0.4 is 5.73 Å². The molecule has 0 amide bonds. The quantitative estimate of drug-likeness (QED) is 0.145. The molecule has 1 nitrogen and oxygen atoms in total. The van der Waals surface area contributed by atoms with Gasteiger partial charge in [0.1, 0.15) is 0 Å². The average molecular weight is 684 g/mol. The van der Waals surface area contributed by atoms with Gasteiger partial charge in [-0.2, -0.15) is 17.6 Å². The van der Waals surface area contributed by atoms with E-state index in [1.54, 1.807) is 0 Å². The summed E-state index contributed by atoms with van der Waals surface area (Å²) < 4.78 is 64.3. The van der Waals surface area contributed by atoms with E-state index < -0.39 is 11.8 Å². The van der Waals surface area contributed by atoms with Crippen molar-refractivity contribution < 1.29 is 17.6 Å². The van der Waals surface area contributed by atoms with Crippen molar-refractivity contribution in [2.75, 3.05) is 5.73 Å². The second-order valence-electron chi connectivity index (χ2n) is 11.6. The molecule has 0 saturated heterocycles. The van der Waals surface area contributed by atoms with Crippen LogP contribution >= 0.6 is 45.3 Å². The molecule has 0 spiro atoms. The van der Waals surface area contributed by atoms with Gasteiger partial charge in [0.05, 0.1) is 0 Å². The van der Waals surface area contributed by atoms with E-state index in [4.69, 9.17) is 5.73 Å². The number of rotatable bonds is 4. The van der Waals surface area contributed by atoms with E-state index in [1.165, 1.54) is 69.6 Å². The Morgan fingerprint density at radius 1 is 0.457 bits per heavy atom. The molecule has 46 heavy (non-hydrogen) atoms. The Bertz CT molecular complexity index is 2170. The van der Waals surface area contributed by atoms with Crippen molar-refractivity contribution in [3.8, 4) is 61.3 Å². The normalized spacial score (nSPS) is 15.1. The summed E-state index contributed by atoms with van der Waals surface area (Å²) >= 11 is 5.52. The Hall–Kier alpha value is -4.02. The van der Waals surface area contributed by atoms with Crippen LogP contribution in [0.3, 0.4) is 0 Å². The molecule has 0 radical (unpaired) electrons. The highest BCUT2D eigenvalue weighted by molar-refractivity contribution is 7.26. The van der Waals surface area contributed by atoms with Crippen molar-refractivity contribution in [3.05, 3.63) is 125 Å². The van der Waals surface area contributed by atoms with Crippen LogP contribution in [-0.2, 0) is 11.8 Å². The van der Waals surface area contributed by atoms with Crippen molar-refractivity contribution in [3.63, 3.8) is 0 Å². The number of anilines is 1. The van der Waals surface area contributed by atoms with Crippen LogP contribution in [-0.4, -0.2) is 0 Å². The van der Waals surface area contributed by atoms with Gasteiger partial charge >= 0.3 is 11.8 Å². The first kappa shape index (κ1) is 28.2. The maximum Gasteiger partial charge on any atom is 0.300 e. The molecule has 0 fully saturated rings. The third-order valence-corrected chi connectivity index (χ3v) is 13.7. The number of hydrogen-bond acceptors (Lipinski definition) is 5. The van der Waals surface area contributed by atoms with Crippen LogP contribution in [0.25, 0.3) is 61.3 Å². The van der Waals surface area contributed by atoms with Gasteiger partial charge in [-0.3, -0.25) is 0 Å². The summed E-state index contributed by atoms with van der Waals surface area (Å²) in [5.41, 5.74) is 9.46. The summed E-state index contributed by atoms with van der Waals surface area (Å²) in [6.07, 6.45) is 0. The summed E-state index contributed by atoms with van der Waals surface area (Å²) in [4.78, 5) is 5.89. The SMILES string of the molecule is Cc1ccc(-c2ccc(-c3cc4c(s3)-c3cc5c(cc3C4(F)F)-c3sc(-c4ccc(-c6ccc(N)cc6)s4)cc3C5(F)F)s2)cc1. The topological polar surface area (TPSA) is 26.0 Å². The van der Waals surface area contributed by atoms with E-state index in [0.29, 0.717) is 25.2 Å². The first-order valence-electron chi connectivity index (χ1n) is 14.5. The molecule has 2 aliphatic rings. The number of hydrogen-bond donors (Lipinski definition) is 1. The van der Waals surface area contributed by atoms with Gasteiger partial charge in [0.15, 0.2) is 0 Å². The number of aryl methyl sites for hydroxylation is 1. The first-order chi connectivity index (χ1) is 22.1. The number of nitrogen functional groups attached to an aromatic ring is 1. The Labute approximate surface area is 277 Å². The van der Waals surface area contributed by atoms with Crippen molar-refractivity contribution in [1.29, 1.82) is 0 Å². The highest BCUT2D eigenvalue weighted by Crippen LogP contribution is 2.62. The highest BCUT2D eigenvalue weighted by atomic mass is 32.1. The molecular formula is C37H21F4NS4. The Morgan fingerprint density at radius 2 is 0.870 bits per heavy atom. The predicted molar refractivity (Wildman–Crippen MR) is 186 cm³/mol. The Morgan fingerprint density at radius 3 is 1.33 bits per heavy atom. The number of nitrogens with two attached hydrogens (primary N) is 1. The van der Waals surface area contributed by atoms with E-state index in [-0.39, 0.29) is 33.4 Å². The molecule has 2 aliphatic carbocycles. The van der Waals surface area contributed by atoms with E-state index >= 15 is 17.6 Å². The zero-order valence-corrected chi connectivity index (χ0v) is 27.2. The number of alkyl halides is 4. The minimum Gasteiger partial charge on any atom is -0.399 e. The molecule has 3 aromatic carbocycles. The monoisotopic (exact) mass is 683 g/mol. The molecule has 0 atom stereocenters. The summed E-state index contributed by atoms with van der Waals surface area (Å²) in [5, 5.41) is 0. The molecule has 4 heterocycles. The summed E-state index contributed by atoms with van der Waals surface area (Å²) in [6.45, 7) is 2.03. The Kier molecular flexibility index (Phi) is 5.98. The molecule has 9 rings (SSSR count). The minimum absolute atomic E-state index is 0.111. The summed E-state index contributed by atoms with van der Waals surface area (Å²) in [6, 6.07) is 29.2. The number of fused-ring (bicyclic) bond motifs is 6. The lowest BCUT2D eigenvalue weighted by Crippen LogP contribution is -2.13. The molecule has 7 aromatic rings. The van der Waals surface area contributed by atoms with E-state index in [0.717, 1.165) is 36.2 Å². The van der Waals surface area contributed by atoms with Gasteiger partial charge in [-0.1, -0.05) is 42.0 Å². The molecule has 0 bridgehead atoms. The highest BCUT2D eigenvalue weighted by Gasteiger charge is 2.52. The molecule has 9 heteroatoms. The van der Waals surface area contributed by atoms with Crippen LogP contribution in [0.15, 0.2) is 97.1 Å². The van der Waals surface area contributed by atoms with Crippen LogP contribution in [0, 0.1) is 6.92 Å². The molecular weight excluding hydrogens is 663 g/mol. The Balaban J connectivity index is 1.09. The van der Waals surface area contributed by atoms with E-state index in [2.05, 4.69) is 0 Å². The lowest BCUT2D eigenvalue weighted by atomic mass is 9.99. The van der Waals surface area contributed by atoms with Crippen LogP contribution in [0.2, 0.25) is 0 Å². The van der Waals surface area contributed by atoms with Gasteiger partial charge < -0.3 is 5.73 Å². The summed E-state index contributed by atoms with van der Waals surface area (Å²) in [5.74, 6) is -6.58. The van der Waals surface area contributed by atoms with Crippen LogP contribution in [0.5, 0.6) is 0 Å².